The second kappa shape index (κ2) is 6.07. The van der Waals surface area contributed by atoms with Crippen molar-refractivity contribution in [3.8, 4) is 17.2 Å². The van der Waals surface area contributed by atoms with Crippen molar-refractivity contribution in [3.63, 3.8) is 0 Å². The fourth-order valence-electron chi connectivity index (χ4n) is 2.40. The zero-order chi connectivity index (χ0) is 15.4. The van der Waals surface area contributed by atoms with E-state index < -0.39 is 0 Å². The molecule has 104 valence electrons. The smallest absolute Gasteiger partial charge is 0.193 e. The van der Waals surface area contributed by atoms with Gasteiger partial charge in [-0.2, -0.15) is 5.26 Å². The summed E-state index contributed by atoms with van der Waals surface area (Å²) in [6.07, 6.45) is 0. The largest absolute Gasteiger partial charge is 0.289 e. The van der Waals surface area contributed by atoms with Gasteiger partial charge >= 0.3 is 0 Å². The third-order valence-corrected chi connectivity index (χ3v) is 3.53. The van der Waals surface area contributed by atoms with Gasteiger partial charge in [0, 0.05) is 11.1 Å². The molecule has 0 aliphatic rings. The summed E-state index contributed by atoms with van der Waals surface area (Å²) in [5.74, 6) is 0.000518. The average Bonchev–Trinajstić information content (AvgIpc) is 2.62. The van der Waals surface area contributed by atoms with Crippen molar-refractivity contribution in [2.24, 2.45) is 0 Å². The van der Waals surface area contributed by atoms with E-state index in [9.17, 15) is 4.79 Å². The van der Waals surface area contributed by atoms with Crippen LogP contribution in [-0.4, -0.2) is 5.78 Å². The lowest BCUT2D eigenvalue weighted by Crippen LogP contribution is -2.03. The van der Waals surface area contributed by atoms with Gasteiger partial charge in [0.05, 0.1) is 11.6 Å². The number of hydrogen-bond donors (Lipinski definition) is 0. The Balaban J connectivity index is 2.07. The molecule has 3 aromatic carbocycles. The van der Waals surface area contributed by atoms with Crippen LogP contribution < -0.4 is 0 Å². The highest BCUT2D eigenvalue weighted by molar-refractivity contribution is 6.12. The number of ketones is 1. The zero-order valence-corrected chi connectivity index (χ0v) is 11.9. The molecule has 3 aromatic rings. The van der Waals surface area contributed by atoms with Crippen molar-refractivity contribution in [2.75, 3.05) is 0 Å². The molecule has 0 fully saturated rings. The molecular formula is C20H13NO. The van der Waals surface area contributed by atoms with Gasteiger partial charge < -0.3 is 0 Å². The first-order valence-electron chi connectivity index (χ1n) is 6.99. The molecule has 2 nitrogen and oxygen atoms in total. The van der Waals surface area contributed by atoms with Crippen LogP contribution in [0, 0.1) is 11.3 Å². The molecule has 0 heterocycles. The van der Waals surface area contributed by atoms with E-state index in [1.807, 2.05) is 66.7 Å². The van der Waals surface area contributed by atoms with Crippen LogP contribution in [0.1, 0.15) is 21.5 Å². The Morgan fingerprint density at radius 2 is 1.41 bits per heavy atom. The Kier molecular flexibility index (Phi) is 3.80. The van der Waals surface area contributed by atoms with Crippen LogP contribution in [-0.2, 0) is 0 Å². The molecule has 0 radical (unpaired) electrons. The number of carbonyl (C=O) groups excluding carboxylic acids is 1. The van der Waals surface area contributed by atoms with Gasteiger partial charge in [-0.25, -0.2) is 0 Å². The summed E-state index contributed by atoms with van der Waals surface area (Å²) in [5, 5.41) is 8.89. The van der Waals surface area contributed by atoms with Gasteiger partial charge in [0.2, 0.25) is 0 Å². The van der Waals surface area contributed by atoms with Crippen molar-refractivity contribution in [1.29, 1.82) is 5.26 Å². The number of nitrogens with zero attached hydrogens (tertiary/aromatic N) is 1. The molecule has 3 rings (SSSR count). The number of rotatable bonds is 3. The molecule has 0 saturated heterocycles. The predicted molar refractivity (Wildman–Crippen MR) is 86.5 cm³/mol. The molecule has 0 aromatic heterocycles. The van der Waals surface area contributed by atoms with Crippen LogP contribution >= 0.6 is 0 Å². The van der Waals surface area contributed by atoms with Crippen LogP contribution in [0.15, 0.2) is 78.9 Å². The molecule has 0 aliphatic heterocycles. The maximum Gasteiger partial charge on any atom is 0.193 e. The van der Waals surface area contributed by atoms with Gasteiger partial charge in [0.25, 0.3) is 0 Å². The van der Waals surface area contributed by atoms with Gasteiger partial charge in [-0.05, 0) is 23.3 Å². The number of nitriles is 1. The van der Waals surface area contributed by atoms with E-state index in [2.05, 4.69) is 6.07 Å². The van der Waals surface area contributed by atoms with E-state index in [-0.39, 0.29) is 5.78 Å². The van der Waals surface area contributed by atoms with Gasteiger partial charge in [-0.3, -0.25) is 4.79 Å². The lowest BCUT2D eigenvalue weighted by atomic mass is 9.93. The fourth-order valence-corrected chi connectivity index (χ4v) is 2.40. The maximum absolute atomic E-state index is 12.7. The molecule has 0 saturated carbocycles. The summed E-state index contributed by atoms with van der Waals surface area (Å²) < 4.78 is 0. The Hall–Kier alpha value is -3.18. The Morgan fingerprint density at radius 3 is 2.09 bits per heavy atom. The average molecular weight is 283 g/mol. The lowest BCUT2D eigenvalue weighted by Gasteiger charge is -2.09. The number of hydrogen-bond acceptors (Lipinski definition) is 2. The van der Waals surface area contributed by atoms with Crippen LogP contribution in [0.2, 0.25) is 0 Å². The first-order valence-corrected chi connectivity index (χ1v) is 6.99. The molecular weight excluding hydrogens is 270 g/mol. The highest BCUT2D eigenvalue weighted by atomic mass is 16.1. The molecule has 0 amide bonds. The van der Waals surface area contributed by atoms with E-state index in [0.29, 0.717) is 16.7 Å². The summed E-state index contributed by atoms with van der Waals surface area (Å²) in [7, 11) is 0. The van der Waals surface area contributed by atoms with Crippen LogP contribution in [0.5, 0.6) is 0 Å². The van der Waals surface area contributed by atoms with Crippen LogP contribution in [0.4, 0.5) is 0 Å². The van der Waals surface area contributed by atoms with Crippen molar-refractivity contribution in [2.45, 2.75) is 0 Å². The summed E-state index contributed by atoms with van der Waals surface area (Å²) in [6, 6.07) is 26.2. The van der Waals surface area contributed by atoms with E-state index in [0.717, 1.165) is 11.1 Å². The fraction of sp³-hybridized carbons (Fsp3) is 0. The molecule has 0 atom stereocenters. The van der Waals surface area contributed by atoms with Crippen LogP contribution in [0.25, 0.3) is 11.1 Å². The summed E-state index contributed by atoms with van der Waals surface area (Å²) in [5.41, 5.74) is 3.75. The molecule has 22 heavy (non-hydrogen) atoms. The molecule has 0 bridgehead atoms. The maximum atomic E-state index is 12.7. The predicted octanol–water partition coefficient (Wildman–Crippen LogP) is 4.46. The standard InChI is InChI=1S/C20H13NO/c21-14-15-10-12-16(13-11-15)18-8-4-5-9-19(18)20(22)17-6-2-1-3-7-17/h1-13H. The first-order chi connectivity index (χ1) is 10.8. The Morgan fingerprint density at radius 1 is 0.773 bits per heavy atom. The molecule has 0 unspecified atom stereocenters. The quantitative estimate of drug-likeness (QED) is 0.666. The van der Waals surface area contributed by atoms with E-state index in [4.69, 9.17) is 5.26 Å². The lowest BCUT2D eigenvalue weighted by molar-refractivity contribution is 0.103. The molecule has 0 aliphatic carbocycles. The van der Waals surface area contributed by atoms with Gasteiger partial charge in [0.1, 0.15) is 0 Å². The van der Waals surface area contributed by atoms with Gasteiger partial charge in [0.15, 0.2) is 5.78 Å². The van der Waals surface area contributed by atoms with Crippen molar-refractivity contribution < 1.29 is 4.79 Å². The van der Waals surface area contributed by atoms with E-state index >= 15 is 0 Å². The first kappa shape index (κ1) is 13.8. The molecule has 0 spiro atoms. The zero-order valence-electron chi connectivity index (χ0n) is 11.9. The molecule has 2 heteroatoms. The minimum Gasteiger partial charge on any atom is -0.289 e. The number of carbonyl (C=O) groups is 1. The van der Waals surface area contributed by atoms with Crippen molar-refractivity contribution in [3.05, 3.63) is 95.6 Å². The topological polar surface area (TPSA) is 40.9 Å². The Labute approximate surface area is 129 Å². The summed E-state index contributed by atoms with van der Waals surface area (Å²) in [6.45, 7) is 0. The van der Waals surface area contributed by atoms with Gasteiger partial charge in [-0.15, -0.1) is 0 Å². The normalized spacial score (nSPS) is 9.95. The summed E-state index contributed by atoms with van der Waals surface area (Å²) >= 11 is 0. The highest BCUT2D eigenvalue weighted by Crippen LogP contribution is 2.26. The molecule has 0 N–H and O–H groups in total. The van der Waals surface area contributed by atoms with Crippen molar-refractivity contribution in [1.82, 2.24) is 0 Å². The second-order valence-corrected chi connectivity index (χ2v) is 4.93. The van der Waals surface area contributed by atoms with E-state index in [1.165, 1.54) is 0 Å². The summed E-state index contributed by atoms with van der Waals surface area (Å²) in [4.78, 5) is 12.7. The SMILES string of the molecule is N#Cc1ccc(-c2ccccc2C(=O)c2ccccc2)cc1. The third kappa shape index (κ3) is 2.65. The van der Waals surface area contributed by atoms with Crippen LogP contribution in [0.3, 0.4) is 0 Å². The minimum absolute atomic E-state index is 0.000518. The highest BCUT2D eigenvalue weighted by Gasteiger charge is 2.13. The minimum atomic E-state index is 0.000518. The third-order valence-electron chi connectivity index (χ3n) is 3.53. The van der Waals surface area contributed by atoms with Crippen molar-refractivity contribution >= 4 is 5.78 Å². The second-order valence-electron chi connectivity index (χ2n) is 4.93. The monoisotopic (exact) mass is 283 g/mol. The number of benzene rings is 3. The van der Waals surface area contributed by atoms with E-state index in [1.54, 1.807) is 12.1 Å². The van der Waals surface area contributed by atoms with Gasteiger partial charge in [-0.1, -0.05) is 66.7 Å². The Bertz CT molecular complexity index is 843.